The molecule has 0 aromatic carbocycles. The molecule has 1 saturated heterocycles. The highest BCUT2D eigenvalue weighted by atomic mass is 16.5. The summed E-state index contributed by atoms with van der Waals surface area (Å²) in [5.41, 5.74) is -0.668. The monoisotopic (exact) mass is 268 g/mol. The third-order valence-electron chi connectivity index (χ3n) is 3.37. The van der Waals surface area contributed by atoms with E-state index < -0.39 is 5.60 Å². The number of aromatic nitrogens is 1. The van der Waals surface area contributed by atoms with Gasteiger partial charge in [0.25, 0.3) is 11.8 Å². The first-order chi connectivity index (χ1) is 8.96. The summed E-state index contributed by atoms with van der Waals surface area (Å²) in [5.74, 6) is 0.888. The minimum atomic E-state index is -0.668. The second-order valence-electron chi connectivity index (χ2n) is 5.30. The van der Waals surface area contributed by atoms with E-state index in [1.165, 1.54) is 0 Å². The summed E-state index contributed by atoms with van der Waals surface area (Å²) in [5, 5.41) is 13.6. The predicted molar refractivity (Wildman–Crippen MR) is 67.8 cm³/mol. The van der Waals surface area contributed by atoms with Crippen LogP contribution in [0.25, 0.3) is 0 Å². The Hall–Kier alpha value is -1.56. The van der Waals surface area contributed by atoms with E-state index in [0.717, 1.165) is 12.8 Å². The number of nitrogens with zero attached hydrogens (tertiary/aromatic N) is 2. The zero-order valence-electron chi connectivity index (χ0n) is 11.4. The number of carbonyl (C=O) groups is 1. The maximum absolute atomic E-state index is 12.0. The minimum absolute atomic E-state index is 0.0475. The number of hydrogen-bond acceptors (Lipinski definition) is 5. The normalized spacial score (nSPS) is 24.1. The van der Waals surface area contributed by atoms with Crippen LogP contribution in [-0.2, 0) is 4.79 Å². The minimum Gasteiger partial charge on any atom is -0.465 e. The molecule has 1 fully saturated rings. The van der Waals surface area contributed by atoms with Gasteiger partial charge in [0.05, 0.1) is 5.60 Å². The van der Waals surface area contributed by atoms with Gasteiger partial charge in [0.2, 0.25) is 0 Å². The van der Waals surface area contributed by atoms with E-state index in [2.05, 4.69) is 5.16 Å². The molecule has 1 N–H and O–H groups in total. The summed E-state index contributed by atoms with van der Waals surface area (Å²) in [7, 11) is 0. The smallest absolute Gasteiger partial charge is 0.260 e. The zero-order chi connectivity index (χ0) is 13.9. The lowest BCUT2D eigenvalue weighted by atomic mass is 9.98. The lowest BCUT2D eigenvalue weighted by Gasteiger charge is -2.22. The van der Waals surface area contributed by atoms with Crippen LogP contribution in [0.1, 0.15) is 31.9 Å². The molecule has 0 bridgehead atoms. The molecule has 0 spiro atoms. The van der Waals surface area contributed by atoms with Gasteiger partial charge in [0.1, 0.15) is 5.76 Å². The molecule has 1 aliphatic heterocycles. The number of rotatable bonds is 3. The third-order valence-corrected chi connectivity index (χ3v) is 3.37. The van der Waals surface area contributed by atoms with Crippen LogP contribution in [0.4, 0.5) is 0 Å². The van der Waals surface area contributed by atoms with Gasteiger partial charge in [-0.15, -0.1) is 0 Å². The van der Waals surface area contributed by atoms with Crippen LogP contribution in [0.5, 0.6) is 5.88 Å². The van der Waals surface area contributed by atoms with Crippen molar-refractivity contribution < 1.29 is 19.2 Å². The third kappa shape index (κ3) is 3.96. The van der Waals surface area contributed by atoms with Crippen molar-refractivity contribution in [1.82, 2.24) is 10.1 Å². The SMILES string of the molecule is Cc1cc(OCC(=O)N2CCCC(C)(O)CC2)no1. The van der Waals surface area contributed by atoms with Crippen LogP contribution < -0.4 is 4.74 Å². The van der Waals surface area contributed by atoms with E-state index in [1.807, 2.05) is 6.92 Å². The summed E-state index contributed by atoms with van der Waals surface area (Å²) >= 11 is 0. The van der Waals surface area contributed by atoms with E-state index in [1.54, 1.807) is 17.9 Å². The topological polar surface area (TPSA) is 75.8 Å². The molecule has 1 amide bonds. The first-order valence-corrected chi connectivity index (χ1v) is 6.52. The van der Waals surface area contributed by atoms with Crippen molar-refractivity contribution in [2.45, 2.75) is 38.7 Å². The molecule has 6 nitrogen and oxygen atoms in total. The number of amides is 1. The Labute approximate surface area is 112 Å². The van der Waals surface area contributed by atoms with Crippen molar-refractivity contribution in [1.29, 1.82) is 0 Å². The first kappa shape index (κ1) is 13.9. The second kappa shape index (κ2) is 5.61. The van der Waals surface area contributed by atoms with E-state index in [-0.39, 0.29) is 12.5 Å². The van der Waals surface area contributed by atoms with Crippen LogP contribution in [0.2, 0.25) is 0 Å². The average Bonchev–Trinajstić information content (AvgIpc) is 2.67. The van der Waals surface area contributed by atoms with E-state index in [0.29, 0.717) is 31.2 Å². The molecule has 0 radical (unpaired) electrons. The van der Waals surface area contributed by atoms with Gasteiger partial charge in [0.15, 0.2) is 6.61 Å². The van der Waals surface area contributed by atoms with Crippen molar-refractivity contribution in [3.63, 3.8) is 0 Å². The fourth-order valence-electron chi connectivity index (χ4n) is 2.15. The Morgan fingerprint density at radius 1 is 1.58 bits per heavy atom. The highest BCUT2D eigenvalue weighted by Crippen LogP contribution is 2.21. The van der Waals surface area contributed by atoms with Gasteiger partial charge < -0.3 is 19.3 Å². The van der Waals surface area contributed by atoms with Crippen LogP contribution >= 0.6 is 0 Å². The van der Waals surface area contributed by atoms with Crippen LogP contribution in [0, 0.1) is 6.92 Å². The summed E-state index contributed by atoms with van der Waals surface area (Å²) < 4.78 is 10.1. The maximum atomic E-state index is 12.0. The van der Waals surface area contributed by atoms with Crippen molar-refractivity contribution in [2.24, 2.45) is 0 Å². The Morgan fingerprint density at radius 2 is 2.37 bits per heavy atom. The van der Waals surface area contributed by atoms with Crippen molar-refractivity contribution in [2.75, 3.05) is 19.7 Å². The van der Waals surface area contributed by atoms with Crippen molar-refractivity contribution in [3.05, 3.63) is 11.8 Å². The molecule has 0 saturated carbocycles. The quantitative estimate of drug-likeness (QED) is 0.889. The number of carbonyl (C=O) groups excluding carboxylic acids is 1. The summed E-state index contributed by atoms with van der Waals surface area (Å²) in [6, 6.07) is 1.64. The molecule has 106 valence electrons. The van der Waals surface area contributed by atoms with Gasteiger partial charge in [-0.2, -0.15) is 0 Å². The van der Waals surface area contributed by atoms with Gasteiger partial charge in [-0.05, 0) is 38.3 Å². The lowest BCUT2D eigenvalue weighted by molar-refractivity contribution is -0.133. The van der Waals surface area contributed by atoms with Gasteiger partial charge in [0, 0.05) is 19.2 Å². The largest absolute Gasteiger partial charge is 0.465 e. The Kier molecular flexibility index (Phi) is 4.09. The fourth-order valence-corrected chi connectivity index (χ4v) is 2.15. The Morgan fingerprint density at radius 3 is 3.05 bits per heavy atom. The molecular weight excluding hydrogens is 248 g/mol. The summed E-state index contributed by atoms with van der Waals surface area (Å²) in [4.78, 5) is 13.7. The first-order valence-electron chi connectivity index (χ1n) is 6.52. The van der Waals surface area contributed by atoms with Crippen LogP contribution in [0.3, 0.4) is 0 Å². The molecule has 2 rings (SSSR count). The number of likely N-dealkylation sites (tertiary alicyclic amines) is 1. The van der Waals surface area contributed by atoms with Gasteiger partial charge in [-0.3, -0.25) is 4.79 Å². The second-order valence-corrected chi connectivity index (χ2v) is 5.30. The molecule has 1 unspecified atom stereocenters. The number of hydrogen-bond donors (Lipinski definition) is 1. The van der Waals surface area contributed by atoms with Crippen molar-refractivity contribution >= 4 is 5.91 Å². The van der Waals surface area contributed by atoms with Gasteiger partial charge >= 0.3 is 0 Å². The summed E-state index contributed by atoms with van der Waals surface area (Å²) in [6.07, 6.45) is 2.13. The van der Waals surface area contributed by atoms with Gasteiger partial charge in [-0.1, -0.05) is 0 Å². The van der Waals surface area contributed by atoms with E-state index in [4.69, 9.17) is 9.26 Å². The standard InChI is InChI=1S/C13H20N2O4/c1-10-8-11(14-19-10)18-9-12(16)15-6-3-4-13(2,17)5-7-15/h8,17H,3-7,9H2,1-2H3. The number of aryl methyl sites for hydroxylation is 1. The molecule has 1 aromatic rings. The molecular formula is C13H20N2O4. The fraction of sp³-hybridized carbons (Fsp3) is 0.692. The van der Waals surface area contributed by atoms with Crippen LogP contribution in [0.15, 0.2) is 10.6 Å². The zero-order valence-corrected chi connectivity index (χ0v) is 11.4. The number of aliphatic hydroxyl groups is 1. The molecule has 2 heterocycles. The van der Waals surface area contributed by atoms with E-state index in [9.17, 15) is 9.90 Å². The average molecular weight is 268 g/mol. The Bertz CT molecular complexity index is 442. The predicted octanol–water partition coefficient (Wildman–Crippen LogP) is 1.13. The molecule has 6 heteroatoms. The van der Waals surface area contributed by atoms with Crippen molar-refractivity contribution in [3.8, 4) is 5.88 Å². The molecule has 19 heavy (non-hydrogen) atoms. The highest BCUT2D eigenvalue weighted by molar-refractivity contribution is 5.77. The number of ether oxygens (including phenoxy) is 1. The van der Waals surface area contributed by atoms with Crippen LogP contribution in [-0.4, -0.2) is 46.4 Å². The molecule has 1 aromatic heterocycles. The molecule has 0 aliphatic carbocycles. The van der Waals surface area contributed by atoms with E-state index >= 15 is 0 Å². The lowest BCUT2D eigenvalue weighted by Crippen LogP contribution is -2.36. The highest BCUT2D eigenvalue weighted by Gasteiger charge is 2.27. The maximum Gasteiger partial charge on any atom is 0.260 e. The molecule has 1 atom stereocenters. The van der Waals surface area contributed by atoms with Gasteiger partial charge in [-0.25, -0.2) is 0 Å². The Balaban J connectivity index is 1.83. The summed E-state index contributed by atoms with van der Waals surface area (Å²) in [6.45, 7) is 4.76. The molecule has 1 aliphatic rings.